The first-order valence-corrected chi connectivity index (χ1v) is 9.45. The normalized spacial score (nSPS) is 11.9. The summed E-state index contributed by atoms with van der Waals surface area (Å²) in [5.74, 6) is 1.23. The Morgan fingerprint density at radius 1 is 1.25 bits per heavy atom. The van der Waals surface area contributed by atoms with Crippen molar-refractivity contribution < 1.29 is 12.8 Å². The molecule has 0 unspecified atom stereocenters. The van der Waals surface area contributed by atoms with Crippen LogP contribution < -0.4 is 11.1 Å². The van der Waals surface area contributed by atoms with E-state index in [0.717, 1.165) is 22.0 Å². The van der Waals surface area contributed by atoms with E-state index in [1.54, 1.807) is 6.26 Å². The van der Waals surface area contributed by atoms with Crippen LogP contribution in [0.4, 0.5) is 5.82 Å². The number of benzene rings is 1. The van der Waals surface area contributed by atoms with Crippen LogP contribution in [0.2, 0.25) is 0 Å². The van der Waals surface area contributed by atoms with Crippen LogP contribution >= 0.6 is 0 Å². The summed E-state index contributed by atoms with van der Waals surface area (Å²) < 4.78 is 27.9. The fourth-order valence-corrected chi connectivity index (χ4v) is 2.94. The molecular weight excluding hydrogens is 328 g/mol. The highest BCUT2D eigenvalue weighted by molar-refractivity contribution is 7.90. The van der Waals surface area contributed by atoms with E-state index >= 15 is 0 Å². The van der Waals surface area contributed by atoms with Gasteiger partial charge in [-0.25, -0.2) is 18.4 Å². The Bertz CT molecular complexity index is 966. The van der Waals surface area contributed by atoms with Crippen LogP contribution in [0.1, 0.15) is 5.56 Å². The first-order valence-electron chi connectivity index (χ1n) is 7.39. The van der Waals surface area contributed by atoms with Crippen molar-refractivity contribution in [3.8, 4) is 11.3 Å². The molecule has 24 heavy (non-hydrogen) atoms. The fraction of sp³-hybridized carbons (Fsp3) is 0.250. The average molecular weight is 346 g/mol. The zero-order valence-electron chi connectivity index (χ0n) is 13.2. The number of nitrogen functional groups attached to an aromatic ring is 1. The van der Waals surface area contributed by atoms with Gasteiger partial charge in [0, 0.05) is 35.9 Å². The third-order valence-electron chi connectivity index (χ3n) is 3.64. The van der Waals surface area contributed by atoms with Crippen molar-refractivity contribution in [3.63, 3.8) is 0 Å². The van der Waals surface area contributed by atoms with Gasteiger partial charge in [-0.2, -0.15) is 0 Å². The van der Waals surface area contributed by atoms with Crippen molar-refractivity contribution in [1.29, 1.82) is 0 Å². The monoisotopic (exact) mass is 346 g/mol. The molecule has 3 aromatic rings. The SMILES string of the molecule is CS(=O)(=O)CCNCc1ccoc1-c1ccc2ncnc(N)c2c1. The van der Waals surface area contributed by atoms with Gasteiger partial charge in [0.05, 0.1) is 17.5 Å². The molecule has 0 atom stereocenters. The minimum absolute atomic E-state index is 0.101. The van der Waals surface area contributed by atoms with Gasteiger partial charge in [-0.15, -0.1) is 0 Å². The van der Waals surface area contributed by atoms with Crippen LogP contribution in [0.15, 0.2) is 41.3 Å². The zero-order valence-corrected chi connectivity index (χ0v) is 14.0. The lowest BCUT2D eigenvalue weighted by Crippen LogP contribution is -2.21. The van der Waals surface area contributed by atoms with Crippen molar-refractivity contribution in [1.82, 2.24) is 15.3 Å². The number of furan rings is 1. The van der Waals surface area contributed by atoms with E-state index < -0.39 is 9.84 Å². The van der Waals surface area contributed by atoms with Gasteiger partial charge in [-0.05, 0) is 24.3 Å². The highest BCUT2D eigenvalue weighted by Crippen LogP contribution is 2.29. The van der Waals surface area contributed by atoms with E-state index in [2.05, 4.69) is 15.3 Å². The number of hydrogen-bond donors (Lipinski definition) is 2. The summed E-state index contributed by atoms with van der Waals surface area (Å²) in [6, 6.07) is 7.53. The average Bonchev–Trinajstić information content (AvgIpc) is 2.99. The van der Waals surface area contributed by atoms with Crippen molar-refractivity contribution >= 4 is 26.6 Å². The third kappa shape index (κ3) is 3.72. The smallest absolute Gasteiger partial charge is 0.148 e. The highest BCUT2D eigenvalue weighted by Gasteiger charge is 2.11. The van der Waals surface area contributed by atoms with Gasteiger partial charge in [-0.3, -0.25) is 0 Å². The number of sulfone groups is 1. The number of nitrogens with one attached hydrogen (secondary N) is 1. The van der Waals surface area contributed by atoms with Crippen molar-refractivity contribution in [3.05, 3.63) is 42.4 Å². The van der Waals surface area contributed by atoms with E-state index in [9.17, 15) is 8.42 Å². The molecule has 8 heteroatoms. The number of hydrogen-bond acceptors (Lipinski definition) is 7. The molecule has 0 aliphatic carbocycles. The lowest BCUT2D eigenvalue weighted by atomic mass is 10.1. The molecule has 0 radical (unpaired) electrons. The Balaban J connectivity index is 1.81. The molecule has 0 fully saturated rings. The summed E-state index contributed by atoms with van der Waals surface area (Å²) in [6.45, 7) is 0.905. The molecule has 0 bridgehead atoms. The maximum atomic E-state index is 11.2. The Morgan fingerprint density at radius 3 is 2.88 bits per heavy atom. The molecule has 7 nitrogen and oxygen atoms in total. The summed E-state index contributed by atoms with van der Waals surface area (Å²) in [7, 11) is -2.97. The van der Waals surface area contributed by atoms with Crippen molar-refractivity contribution in [2.45, 2.75) is 6.54 Å². The van der Waals surface area contributed by atoms with Gasteiger partial charge in [0.2, 0.25) is 0 Å². The van der Waals surface area contributed by atoms with E-state index in [0.29, 0.717) is 24.7 Å². The zero-order chi connectivity index (χ0) is 17.2. The molecule has 126 valence electrons. The van der Waals surface area contributed by atoms with Gasteiger partial charge in [0.15, 0.2) is 0 Å². The molecule has 0 saturated heterocycles. The molecule has 0 amide bonds. The second-order valence-electron chi connectivity index (χ2n) is 5.57. The molecule has 2 heterocycles. The second kappa shape index (κ2) is 6.58. The number of fused-ring (bicyclic) bond motifs is 1. The summed E-state index contributed by atoms with van der Waals surface area (Å²) in [6.07, 6.45) is 4.26. The van der Waals surface area contributed by atoms with E-state index in [4.69, 9.17) is 10.2 Å². The van der Waals surface area contributed by atoms with Crippen LogP contribution in [0.25, 0.3) is 22.2 Å². The maximum Gasteiger partial charge on any atom is 0.148 e. The molecule has 0 aliphatic rings. The van der Waals surface area contributed by atoms with E-state index in [-0.39, 0.29) is 5.75 Å². The van der Waals surface area contributed by atoms with Gasteiger partial charge in [0.25, 0.3) is 0 Å². The predicted molar refractivity (Wildman–Crippen MR) is 93.1 cm³/mol. The van der Waals surface area contributed by atoms with E-state index in [1.807, 2.05) is 24.3 Å². The molecule has 2 aromatic heterocycles. The number of nitrogens with zero attached hydrogens (tertiary/aromatic N) is 2. The topological polar surface area (TPSA) is 111 Å². The minimum atomic E-state index is -2.97. The molecule has 3 N–H and O–H groups in total. The predicted octanol–water partition coefficient (Wildman–Crippen LogP) is 1.61. The van der Waals surface area contributed by atoms with Crippen LogP contribution in [0.5, 0.6) is 0 Å². The quantitative estimate of drug-likeness (QED) is 0.652. The largest absolute Gasteiger partial charge is 0.464 e. The number of nitrogens with two attached hydrogens (primary N) is 1. The van der Waals surface area contributed by atoms with Crippen LogP contribution in [-0.2, 0) is 16.4 Å². The van der Waals surface area contributed by atoms with E-state index in [1.165, 1.54) is 12.6 Å². The number of rotatable bonds is 6. The van der Waals surface area contributed by atoms with Crippen LogP contribution in [-0.4, -0.2) is 36.9 Å². The Kier molecular flexibility index (Phi) is 4.50. The second-order valence-corrected chi connectivity index (χ2v) is 7.83. The molecule has 0 spiro atoms. The highest BCUT2D eigenvalue weighted by atomic mass is 32.2. The molecule has 3 rings (SSSR count). The number of aromatic nitrogens is 2. The molecular formula is C16H18N4O3S. The van der Waals surface area contributed by atoms with Crippen LogP contribution in [0, 0.1) is 0 Å². The summed E-state index contributed by atoms with van der Waals surface area (Å²) in [5.41, 5.74) is 8.49. The van der Waals surface area contributed by atoms with Gasteiger partial charge >= 0.3 is 0 Å². The van der Waals surface area contributed by atoms with Gasteiger partial charge in [-0.1, -0.05) is 0 Å². The number of anilines is 1. The first kappa shape index (κ1) is 16.4. The summed E-state index contributed by atoms with van der Waals surface area (Å²) >= 11 is 0. The van der Waals surface area contributed by atoms with Crippen LogP contribution in [0.3, 0.4) is 0 Å². The lowest BCUT2D eigenvalue weighted by molar-refractivity contribution is 0.576. The van der Waals surface area contributed by atoms with Gasteiger partial charge < -0.3 is 15.5 Å². The Hall–Kier alpha value is -2.45. The maximum absolute atomic E-state index is 11.2. The summed E-state index contributed by atoms with van der Waals surface area (Å²) in [4.78, 5) is 8.18. The molecule has 0 aliphatic heterocycles. The third-order valence-corrected chi connectivity index (χ3v) is 4.59. The summed E-state index contributed by atoms with van der Waals surface area (Å²) in [5, 5.41) is 3.88. The fourth-order valence-electron chi connectivity index (χ4n) is 2.43. The Labute approximate surface area is 139 Å². The molecule has 1 aromatic carbocycles. The van der Waals surface area contributed by atoms with Crippen molar-refractivity contribution in [2.75, 3.05) is 24.3 Å². The van der Waals surface area contributed by atoms with Gasteiger partial charge in [0.1, 0.15) is 27.7 Å². The van der Waals surface area contributed by atoms with Crippen molar-refractivity contribution in [2.24, 2.45) is 0 Å². The Morgan fingerprint density at radius 2 is 2.08 bits per heavy atom. The first-order chi connectivity index (χ1) is 11.4. The minimum Gasteiger partial charge on any atom is -0.464 e. The standard InChI is InChI=1S/C16H18N4O3S/c1-24(21,22)7-5-18-9-12-4-6-23-15(12)11-2-3-14-13(8-11)16(17)20-10-19-14/h2-4,6,8,10,18H,5,7,9H2,1H3,(H2,17,19,20). The molecule has 0 saturated carbocycles. The lowest BCUT2D eigenvalue weighted by Gasteiger charge is -2.07.